The number of ether oxygens (including phenoxy) is 1. The maximum Gasteiger partial charge on any atom is 0.408 e. The van der Waals surface area contributed by atoms with Gasteiger partial charge in [0.05, 0.1) is 0 Å². The quantitative estimate of drug-likeness (QED) is 0.866. The second-order valence-corrected chi connectivity index (χ2v) is 6.68. The first kappa shape index (κ1) is 17.5. The van der Waals surface area contributed by atoms with E-state index in [0.717, 1.165) is 15.6 Å². The second-order valence-electron chi connectivity index (χ2n) is 5.82. The Balaban J connectivity index is 2.76. The molecule has 1 unspecified atom stereocenters. The molecule has 1 aromatic rings. The van der Waals surface area contributed by atoms with Crippen LogP contribution in [0.5, 0.6) is 0 Å². The summed E-state index contributed by atoms with van der Waals surface area (Å²) >= 11 is 3.39. The van der Waals surface area contributed by atoms with E-state index in [0.29, 0.717) is 0 Å². The molecule has 0 saturated heterocycles. The monoisotopic (exact) mass is 357 g/mol. The van der Waals surface area contributed by atoms with Crippen LogP contribution >= 0.6 is 15.9 Å². The number of carboxylic acid groups (broad SMARTS) is 1. The Morgan fingerprint density at radius 3 is 2.48 bits per heavy atom. The highest BCUT2D eigenvalue weighted by Gasteiger charge is 2.24. The Kier molecular flexibility index (Phi) is 5.78. The molecule has 5 nitrogen and oxygen atoms in total. The van der Waals surface area contributed by atoms with E-state index < -0.39 is 23.7 Å². The van der Waals surface area contributed by atoms with Gasteiger partial charge in [0.2, 0.25) is 0 Å². The molecule has 0 bridgehead atoms. The van der Waals surface area contributed by atoms with E-state index in [1.165, 1.54) is 0 Å². The van der Waals surface area contributed by atoms with Gasteiger partial charge in [-0.05, 0) is 44.9 Å². The number of halogens is 1. The summed E-state index contributed by atoms with van der Waals surface area (Å²) < 4.78 is 6.03. The average Bonchev–Trinajstić information content (AvgIpc) is 2.30. The molecule has 0 spiro atoms. The van der Waals surface area contributed by atoms with Crippen LogP contribution in [0.3, 0.4) is 0 Å². The number of carbonyl (C=O) groups excluding carboxylic acids is 1. The van der Waals surface area contributed by atoms with Crippen LogP contribution in [0.15, 0.2) is 22.7 Å². The van der Waals surface area contributed by atoms with Gasteiger partial charge in [0.15, 0.2) is 0 Å². The van der Waals surface area contributed by atoms with Crippen LogP contribution in [0, 0.1) is 6.92 Å². The molecule has 0 aromatic heterocycles. The third-order valence-corrected chi connectivity index (χ3v) is 3.54. The van der Waals surface area contributed by atoms with E-state index in [9.17, 15) is 14.7 Å². The van der Waals surface area contributed by atoms with E-state index >= 15 is 0 Å². The molecule has 0 heterocycles. The minimum atomic E-state index is -1.10. The standard InChI is InChI=1S/C15H20BrNO4/c1-9-7-10(5-6-11(9)16)8-12(13(18)19)17-14(20)21-15(2,3)4/h5-7,12H,8H2,1-4H3,(H,17,20)(H,18,19). The number of aliphatic carboxylic acids is 1. The highest BCUT2D eigenvalue weighted by atomic mass is 79.9. The molecule has 0 aliphatic heterocycles. The number of amides is 1. The summed E-state index contributed by atoms with van der Waals surface area (Å²) in [4.78, 5) is 23.0. The molecule has 1 amide bonds. The Morgan fingerprint density at radius 1 is 1.38 bits per heavy atom. The van der Waals surface area contributed by atoms with Crippen LogP contribution in [0.2, 0.25) is 0 Å². The van der Waals surface area contributed by atoms with Crippen LogP contribution in [0.25, 0.3) is 0 Å². The lowest BCUT2D eigenvalue weighted by molar-refractivity contribution is -0.139. The molecule has 1 atom stereocenters. The first-order valence-corrected chi connectivity index (χ1v) is 7.35. The fourth-order valence-corrected chi connectivity index (χ4v) is 1.97. The number of aryl methyl sites for hydroxylation is 1. The predicted molar refractivity (Wildman–Crippen MR) is 83.4 cm³/mol. The van der Waals surface area contributed by atoms with E-state index in [1.54, 1.807) is 20.8 Å². The fourth-order valence-electron chi connectivity index (χ4n) is 1.72. The molecule has 1 rings (SSSR count). The van der Waals surface area contributed by atoms with Crippen molar-refractivity contribution in [1.29, 1.82) is 0 Å². The second kappa shape index (κ2) is 6.93. The third kappa shape index (κ3) is 6.16. The zero-order chi connectivity index (χ0) is 16.2. The van der Waals surface area contributed by atoms with Gasteiger partial charge in [-0.3, -0.25) is 0 Å². The van der Waals surface area contributed by atoms with Crippen molar-refractivity contribution in [1.82, 2.24) is 5.32 Å². The highest BCUT2D eigenvalue weighted by molar-refractivity contribution is 9.10. The number of alkyl carbamates (subject to hydrolysis) is 1. The molecular formula is C15H20BrNO4. The zero-order valence-corrected chi connectivity index (χ0v) is 14.2. The highest BCUT2D eigenvalue weighted by Crippen LogP contribution is 2.18. The van der Waals surface area contributed by atoms with Gasteiger partial charge in [-0.15, -0.1) is 0 Å². The molecule has 6 heteroatoms. The number of carbonyl (C=O) groups is 2. The number of nitrogens with one attached hydrogen (secondary N) is 1. The summed E-state index contributed by atoms with van der Waals surface area (Å²) in [5.74, 6) is -1.10. The largest absolute Gasteiger partial charge is 0.480 e. The summed E-state index contributed by atoms with van der Waals surface area (Å²) in [5.41, 5.74) is 1.18. The van der Waals surface area contributed by atoms with Crippen LogP contribution in [-0.4, -0.2) is 28.8 Å². The van der Waals surface area contributed by atoms with Crippen molar-refractivity contribution in [3.63, 3.8) is 0 Å². The SMILES string of the molecule is Cc1cc(CC(NC(=O)OC(C)(C)C)C(=O)O)ccc1Br. The van der Waals surface area contributed by atoms with Crippen molar-refractivity contribution in [2.45, 2.75) is 45.8 Å². The van der Waals surface area contributed by atoms with Gasteiger partial charge in [0.1, 0.15) is 11.6 Å². The van der Waals surface area contributed by atoms with Gasteiger partial charge in [0.25, 0.3) is 0 Å². The zero-order valence-electron chi connectivity index (χ0n) is 12.6. The maximum absolute atomic E-state index is 11.7. The van der Waals surface area contributed by atoms with Crippen LogP contribution in [-0.2, 0) is 16.0 Å². The molecule has 116 valence electrons. The summed E-state index contributed by atoms with van der Waals surface area (Å²) in [7, 11) is 0. The minimum absolute atomic E-state index is 0.197. The maximum atomic E-state index is 11.7. The summed E-state index contributed by atoms with van der Waals surface area (Å²) in [6.07, 6.45) is -0.536. The van der Waals surface area contributed by atoms with Crippen molar-refractivity contribution in [2.75, 3.05) is 0 Å². The molecule has 21 heavy (non-hydrogen) atoms. The topological polar surface area (TPSA) is 75.6 Å². The first-order valence-electron chi connectivity index (χ1n) is 6.56. The Hall–Kier alpha value is -1.56. The molecule has 2 N–H and O–H groups in total. The number of hydrogen-bond acceptors (Lipinski definition) is 3. The van der Waals surface area contributed by atoms with Crippen molar-refractivity contribution >= 4 is 28.0 Å². The average molecular weight is 358 g/mol. The lowest BCUT2D eigenvalue weighted by atomic mass is 10.0. The molecule has 0 saturated carbocycles. The van der Waals surface area contributed by atoms with Crippen molar-refractivity contribution in [3.05, 3.63) is 33.8 Å². The third-order valence-electron chi connectivity index (χ3n) is 2.65. The van der Waals surface area contributed by atoms with Gasteiger partial charge >= 0.3 is 12.1 Å². The van der Waals surface area contributed by atoms with Crippen molar-refractivity contribution < 1.29 is 19.4 Å². The summed E-state index contributed by atoms with van der Waals surface area (Å²) in [6.45, 7) is 7.09. The van der Waals surface area contributed by atoms with Crippen molar-refractivity contribution in [2.24, 2.45) is 0 Å². The smallest absolute Gasteiger partial charge is 0.408 e. The lowest BCUT2D eigenvalue weighted by Gasteiger charge is -2.22. The van der Waals surface area contributed by atoms with Gasteiger partial charge in [0, 0.05) is 10.9 Å². The Morgan fingerprint density at radius 2 is 2.00 bits per heavy atom. The molecule has 1 aromatic carbocycles. The summed E-state index contributed by atoms with van der Waals surface area (Å²) in [5, 5.41) is 11.6. The predicted octanol–water partition coefficient (Wildman–Crippen LogP) is 3.28. The number of benzene rings is 1. The van der Waals surface area contributed by atoms with Crippen LogP contribution in [0.1, 0.15) is 31.9 Å². The van der Waals surface area contributed by atoms with Crippen LogP contribution in [0.4, 0.5) is 4.79 Å². The first-order chi connectivity index (χ1) is 9.58. The minimum Gasteiger partial charge on any atom is -0.480 e. The van der Waals surface area contributed by atoms with E-state index in [2.05, 4.69) is 21.2 Å². The number of carboxylic acids is 1. The molecule has 0 aliphatic carbocycles. The van der Waals surface area contributed by atoms with Crippen molar-refractivity contribution in [3.8, 4) is 0 Å². The Labute approximate surface area is 132 Å². The Bertz CT molecular complexity index is 537. The molecule has 0 fully saturated rings. The molecule has 0 aliphatic rings. The number of rotatable bonds is 4. The van der Waals surface area contributed by atoms with Crippen LogP contribution < -0.4 is 5.32 Å². The van der Waals surface area contributed by atoms with Gasteiger partial charge in [-0.2, -0.15) is 0 Å². The van der Waals surface area contributed by atoms with E-state index in [1.807, 2.05) is 25.1 Å². The fraction of sp³-hybridized carbons (Fsp3) is 0.467. The molecular weight excluding hydrogens is 338 g/mol. The van der Waals surface area contributed by atoms with Gasteiger partial charge in [-0.1, -0.05) is 28.1 Å². The van der Waals surface area contributed by atoms with Gasteiger partial charge < -0.3 is 15.2 Å². The lowest BCUT2D eigenvalue weighted by Crippen LogP contribution is -2.44. The van der Waals surface area contributed by atoms with E-state index in [4.69, 9.17) is 4.74 Å². The van der Waals surface area contributed by atoms with Gasteiger partial charge in [-0.25, -0.2) is 9.59 Å². The molecule has 0 radical (unpaired) electrons. The summed E-state index contributed by atoms with van der Waals surface area (Å²) in [6, 6.07) is 4.54. The normalized spacial score (nSPS) is 12.6. The number of hydrogen-bond donors (Lipinski definition) is 2. The van der Waals surface area contributed by atoms with E-state index in [-0.39, 0.29) is 6.42 Å².